The molecule has 1 aliphatic heterocycles. The Hall–Kier alpha value is -1.98. The van der Waals surface area contributed by atoms with Gasteiger partial charge in [-0.05, 0) is 24.6 Å². The van der Waals surface area contributed by atoms with Gasteiger partial charge in [-0.15, -0.1) is 0 Å². The number of hydrogen-bond acceptors (Lipinski definition) is 5. The molecule has 1 saturated heterocycles. The molecule has 0 amide bonds. The van der Waals surface area contributed by atoms with Crippen molar-refractivity contribution in [3.63, 3.8) is 0 Å². The lowest BCUT2D eigenvalue weighted by Crippen LogP contribution is -2.35. The molecule has 1 aliphatic rings. The van der Waals surface area contributed by atoms with E-state index in [1.165, 1.54) is 5.56 Å². The van der Waals surface area contributed by atoms with E-state index in [1.54, 1.807) is 6.08 Å². The molecule has 3 rings (SSSR count). The van der Waals surface area contributed by atoms with Crippen LogP contribution >= 0.6 is 0 Å². The van der Waals surface area contributed by atoms with Gasteiger partial charge in [0.15, 0.2) is 0 Å². The molecule has 0 aliphatic carbocycles. The quantitative estimate of drug-likeness (QED) is 0.864. The normalized spacial score (nSPS) is 16.6. The summed E-state index contributed by atoms with van der Waals surface area (Å²) in [5.74, 6) is 1.16. The first kappa shape index (κ1) is 14.0. The summed E-state index contributed by atoms with van der Waals surface area (Å²) in [6, 6.07) is 8.30. The van der Waals surface area contributed by atoms with Crippen molar-refractivity contribution in [1.82, 2.24) is 15.0 Å². The lowest BCUT2D eigenvalue weighted by molar-refractivity contribution is 0.0342. The van der Waals surface area contributed by atoms with Crippen molar-refractivity contribution in [2.75, 3.05) is 26.3 Å². The second-order valence-electron chi connectivity index (χ2n) is 5.05. The summed E-state index contributed by atoms with van der Waals surface area (Å²) in [7, 11) is 0. The first-order chi connectivity index (χ1) is 10.3. The van der Waals surface area contributed by atoms with E-state index in [4.69, 9.17) is 9.26 Å². The molecule has 0 atom stereocenters. The number of nitrogens with zero attached hydrogens (tertiary/aromatic N) is 3. The molecule has 21 heavy (non-hydrogen) atoms. The Bertz CT molecular complexity index is 615. The minimum Gasteiger partial charge on any atom is -0.379 e. The fourth-order valence-electron chi connectivity index (χ4n) is 2.39. The maximum atomic E-state index is 5.38. The molecule has 1 aromatic carbocycles. The summed E-state index contributed by atoms with van der Waals surface area (Å²) < 4.78 is 10.6. The van der Waals surface area contributed by atoms with Gasteiger partial charge in [-0.3, -0.25) is 4.90 Å². The summed E-state index contributed by atoms with van der Waals surface area (Å²) in [5.41, 5.74) is 2.24. The van der Waals surface area contributed by atoms with Gasteiger partial charge in [0.25, 0.3) is 5.89 Å². The number of hydrogen-bond donors (Lipinski definition) is 0. The first-order valence-electron chi connectivity index (χ1n) is 7.21. The van der Waals surface area contributed by atoms with Crippen molar-refractivity contribution in [2.24, 2.45) is 0 Å². The van der Waals surface area contributed by atoms with Crippen LogP contribution in [0.3, 0.4) is 0 Å². The Balaban J connectivity index is 1.75. The van der Waals surface area contributed by atoms with Gasteiger partial charge in [-0.1, -0.05) is 29.4 Å². The second-order valence-corrected chi connectivity index (χ2v) is 5.05. The molecule has 0 radical (unpaired) electrons. The summed E-state index contributed by atoms with van der Waals surface area (Å²) in [6.45, 7) is 6.45. The van der Waals surface area contributed by atoms with E-state index in [9.17, 15) is 0 Å². The van der Waals surface area contributed by atoms with Crippen LogP contribution in [0.4, 0.5) is 0 Å². The van der Waals surface area contributed by atoms with Crippen molar-refractivity contribution in [1.29, 1.82) is 0 Å². The minimum absolute atomic E-state index is 0.533. The lowest BCUT2D eigenvalue weighted by atomic mass is 10.1. The van der Waals surface area contributed by atoms with E-state index in [1.807, 2.05) is 25.1 Å². The SMILES string of the molecule is CC=Cc1nc(-c2cccc(CN3CCOCC3)c2)no1. The van der Waals surface area contributed by atoms with E-state index in [0.717, 1.165) is 38.4 Å². The Morgan fingerprint density at radius 1 is 1.29 bits per heavy atom. The standard InChI is InChI=1S/C16H19N3O2/c1-2-4-15-17-16(18-21-15)14-6-3-5-13(11-14)12-19-7-9-20-10-8-19/h2-6,11H,7-10,12H2,1H3. The van der Waals surface area contributed by atoms with Crippen LogP contribution in [0.2, 0.25) is 0 Å². The molecule has 1 aromatic heterocycles. The third-order valence-corrected chi connectivity index (χ3v) is 3.45. The lowest BCUT2D eigenvalue weighted by Gasteiger charge is -2.26. The van der Waals surface area contributed by atoms with Crippen molar-refractivity contribution < 1.29 is 9.26 Å². The first-order valence-corrected chi connectivity index (χ1v) is 7.21. The third-order valence-electron chi connectivity index (χ3n) is 3.45. The van der Waals surface area contributed by atoms with Gasteiger partial charge in [0.05, 0.1) is 13.2 Å². The van der Waals surface area contributed by atoms with Gasteiger partial charge in [-0.2, -0.15) is 4.98 Å². The minimum atomic E-state index is 0.533. The van der Waals surface area contributed by atoms with Gasteiger partial charge in [0.2, 0.25) is 5.82 Å². The van der Waals surface area contributed by atoms with Crippen molar-refractivity contribution in [2.45, 2.75) is 13.5 Å². The highest BCUT2D eigenvalue weighted by Crippen LogP contribution is 2.19. The molecule has 0 N–H and O–H groups in total. The van der Waals surface area contributed by atoms with Gasteiger partial charge < -0.3 is 9.26 Å². The summed E-state index contributed by atoms with van der Waals surface area (Å²) >= 11 is 0. The number of morpholine rings is 1. The largest absolute Gasteiger partial charge is 0.379 e. The number of aromatic nitrogens is 2. The van der Waals surface area contributed by atoms with Crippen LogP contribution in [0.25, 0.3) is 17.5 Å². The molecule has 5 nitrogen and oxygen atoms in total. The monoisotopic (exact) mass is 285 g/mol. The van der Waals surface area contributed by atoms with Crippen LogP contribution in [0.15, 0.2) is 34.9 Å². The van der Waals surface area contributed by atoms with Gasteiger partial charge in [-0.25, -0.2) is 0 Å². The number of ether oxygens (including phenoxy) is 1. The van der Waals surface area contributed by atoms with Crippen molar-refractivity contribution >= 4 is 6.08 Å². The van der Waals surface area contributed by atoms with E-state index < -0.39 is 0 Å². The van der Waals surface area contributed by atoms with Crippen LogP contribution in [0, 0.1) is 0 Å². The fraction of sp³-hybridized carbons (Fsp3) is 0.375. The zero-order valence-electron chi connectivity index (χ0n) is 12.2. The molecule has 110 valence electrons. The van der Waals surface area contributed by atoms with Crippen molar-refractivity contribution in [3.05, 3.63) is 41.8 Å². The molecule has 5 heteroatoms. The number of benzene rings is 1. The maximum absolute atomic E-state index is 5.38. The topological polar surface area (TPSA) is 51.4 Å². The van der Waals surface area contributed by atoms with Gasteiger partial charge >= 0.3 is 0 Å². The number of allylic oxidation sites excluding steroid dienone is 1. The molecular formula is C16H19N3O2. The van der Waals surface area contributed by atoms with E-state index >= 15 is 0 Å². The fourth-order valence-corrected chi connectivity index (χ4v) is 2.39. The highest BCUT2D eigenvalue weighted by molar-refractivity contribution is 5.56. The zero-order valence-corrected chi connectivity index (χ0v) is 12.2. The average molecular weight is 285 g/mol. The molecule has 0 saturated carbocycles. The predicted octanol–water partition coefficient (Wildman–Crippen LogP) is 2.60. The van der Waals surface area contributed by atoms with E-state index in [2.05, 4.69) is 27.2 Å². The highest BCUT2D eigenvalue weighted by Gasteiger charge is 2.12. The Morgan fingerprint density at radius 3 is 2.95 bits per heavy atom. The van der Waals surface area contributed by atoms with E-state index in [-0.39, 0.29) is 0 Å². The van der Waals surface area contributed by atoms with Crippen LogP contribution in [-0.4, -0.2) is 41.3 Å². The molecular weight excluding hydrogens is 266 g/mol. The third kappa shape index (κ3) is 3.56. The Morgan fingerprint density at radius 2 is 2.14 bits per heavy atom. The summed E-state index contributed by atoms with van der Waals surface area (Å²) in [4.78, 5) is 6.75. The molecule has 0 bridgehead atoms. The molecule has 2 heterocycles. The molecule has 0 spiro atoms. The molecule has 1 fully saturated rings. The molecule has 0 unspecified atom stereocenters. The van der Waals surface area contributed by atoms with Crippen LogP contribution in [0.5, 0.6) is 0 Å². The van der Waals surface area contributed by atoms with Crippen molar-refractivity contribution in [3.8, 4) is 11.4 Å². The van der Waals surface area contributed by atoms with Crippen LogP contribution < -0.4 is 0 Å². The van der Waals surface area contributed by atoms with E-state index in [0.29, 0.717) is 11.7 Å². The predicted molar refractivity (Wildman–Crippen MR) is 80.5 cm³/mol. The highest BCUT2D eigenvalue weighted by atomic mass is 16.5. The summed E-state index contributed by atoms with van der Waals surface area (Å²) in [6.07, 6.45) is 3.68. The van der Waals surface area contributed by atoms with Gasteiger partial charge in [0, 0.05) is 25.2 Å². The number of rotatable bonds is 4. The Kier molecular flexibility index (Phi) is 4.43. The second kappa shape index (κ2) is 6.65. The van der Waals surface area contributed by atoms with Crippen LogP contribution in [-0.2, 0) is 11.3 Å². The summed E-state index contributed by atoms with van der Waals surface area (Å²) in [5, 5.41) is 4.02. The average Bonchev–Trinajstić information content (AvgIpc) is 2.98. The van der Waals surface area contributed by atoms with Gasteiger partial charge in [0.1, 0.15) is 0 Å². The van der Waals surface area contributed by atoms with Crippen LogP contribution in [0.1, 0.15) is 18.4 Å². The maximum Gasteiger partial charge on any atom is 0.250 e. The Labute approximate surface area is 124 Å². The zero-order chi connectivity index (χ0) is 14.5. The molecule has 2 aromatic rings. The smallest absolute Gasteiger partial charge is 0.250 e.